The number of carbonyl (C=O) groups excluding carboxylic acids is 3. The Kier molecular flexibility index (Phi) is 8.80. The number of amides is 4. The van der Waals surface area contributed by atoms with Gasteiger partial charge in [0.25, 0.3) is 0 Å². The molecular formula is C22H27FN4O3. The number of nitrogens with zero attached hydrogens (tertiary/aromatic N) is 1. The Morgan fingerprint density at radius 1 is 1.00 bits per heavy atom. The first-order chi connectivity index (χ1) is 14.4. The third-order valence-corrected chi connectivity index (χ3v) is 4.44. The quantitative estimate of drug-likeness (QED) is 0.589. The molecule has 0 aliphatic heterocycles. The summed E-state index contributed by atoms with van der Waals surface area (Å²) in [5, 5.41) is 7.89. The van der Waals surface area contributed by atoms with Crippen molar-refractivity contribution in [3.63, 3.8) is 0 Å². The maximum atomic E-state index is 12.9. The summed E-state index contributed by atoms with van der Waals surface area (Å²) < 4.78 is 12.9. The Hall–Kier alpha value is -3.42. The molecule has 0 aliphatic carbocycles. The summed E-state index contributed by atoms with van der Waals surface area (Å²) in [5.74, 6) is -1.01. The van der Waals surface area contributed by atoms with Crippen LogP contribution >= 0.6 is 0 Å². The minimum Gasteiger partial charge on any atom is -0.334 e. The molecule has 0 radical (unpaired) electrons. The lowest BCUT2D eigenvalue weighted by molar-refractivity contribution is -0.137. The van der Waals surface area contributed by atoms with Crippen molar-refractivity contribution in [1.29, 1.82) is 0 Å². The molecule has 30 heavy (non-hydrogen) atoms. The van der Waals surface area contributed by atoms with Crippen LogP contribution in [0.3, 0.4) is 0 Å². The van der Waals surface area contributed by atoms with Gasteiger partial charge in [-0.15, -0.1) is 0 Å². The van der Waals surface area contributed by atoms with E-state index < -0.39 is 12.1 Å². The highest BCUT2D eigenvalue weighted by Crippen LogP contribution is 2.09. The molecule has 3 N–H and O–H groups in total. The van der Waals surface area contributed by atoms with Gasteiger partial charge in [0.2, 0.25) is 11.8 Å². The zero-order chi connectivity index (χ0) is 21.9. The van der Waals surface area contributed by atoms with Gasteiger partial charge in [0.1, 0.15) is 11.9 Å². The Bertz CT molecular complexity index is 843. The van der Waals surface area contributed by atoms with Gasteiger partial charge in [0.05, 0.1) is 6.54 Å². The minimum absolute atomic E-state index is 0.203. The maximum absolute atomic E-state index is 12.9. The lowest BCUT2D eigenvalue weighted by Gasteiger charge is -2.28. The van der Waals surface area contributed by atoms with Crippen molar-refractivity contribution in [3.05, 3.63) is 66.0 Å². The van der Waals surface area contributed by atoms with Gasteiger partial charge in [-0.25, -0.2) is 9.18 Å². The minimum atomic E-state index is -0.693. The lowest BCUT2D eigenvalue weighted by Crippen LogP contribution is -2.50. The zero-order valence-corrected chi connectivity index (χ0v) is 17.2. The number of hydrogen-bond donors (Lipinski definition) is 3. The molecule has 0 heterocycles. The normalized spacial score (nSPS) is 11.3. The van der Waals surface area contributed by atoms with Gasteiger partial charge >= 0.3 is 6.03 Å². The van der Waals surface area contributed by atoms with E-state index in [1.165, 1.54) is 17.0 Å². The topological polar surface area (TPSA) is 90.5 Å². The predicted molar refractivity (Wildman–Crippen MR) is 113 cm³/mol. The number of carbonyl (C=O) groups is 3. The van der Waals surface area contributed by atoms with E-state index >= 15 is 0 Å². The molecule has 7 nitrogen and oxygen atoms in total. The van der Waals surface area contributed by atoms with Crippen LogP contribution in [0.4, 0.5) is 14.9 Å². The highest BCUT2D eigenvalue weighted by atomic mass is 19.1. The number of rotatable bonds is 9. The maximum Gasteiger partial charge on any atom is 0.315 e. The number of anilines is 1. The molecule has 2 aromatic carbocycles. The van der Waals surface area contributed by atoms with Crippen molar-refractivity contribution >= 4 is 23.5 Å². The predicted octanol–water partition coefficient (Wildman–Crippen LogP) is 2.89. The number of hydrogen-bond acceptors (Lipinski definition) is 3. The first kappa shape index (κ1) is 22.9. The van der Waals surface area contributed by atoms with E-state index in [1.54, 1.807) is 31.2 Å². The van der Waals surface area contributed by atoms with E-state index in [-0.39, 0.29) is 30.7 Å². The second-order valence-electron chi connectivity index (χ2n) is 6.78. The molecule has 0 saturated heterocycles. The van der Waals surface area contributed by atoms with E-state index in [0.717, 1.165) is 5.56 Å². The number of nitrogens with one attached hydrogen (secondary N) is 3. The van der Waals surface area contributed by atoms with Crippen LogP contribution in [0.1, 0.15) is 25.8 Å². The molecule has 0 saturated carbocycles. The van der Waals surface area contributed by atoms with E-state index in [1.807, 2.05) is 25.1 Å². The van der Waals surface area contributed by atoms with E-state index in [4.69, 9.17) is 0 Å². The Morgan fingerprint density at radius 2 is 1.67 bits per heavy atom. The van der Waals surface area contributed by atoms with Crippen molar-refractivity contribution < 1.29 is 18.8 Å². The number of urea groups is 1. The molecule has 2 rings (SSSR count). The van der Waals surface area contributed by atoms with Crippen LogP contribution in [0.2, 0.25) is 0 Å². The molecule has 0 spiro atoms. The fourth-order valence-corrected chi connectivity index (χ4v) is 2.79. The average molecular weight is 414 g/mol. The fraction of sp³-hybridized carbons (Fsp3) is 0.318. The van der Waals surface area contributed by atoms with Gasteiger partial charge in [-0.05, 0) is 43.2 Å². The van der Waals surface area contributed by atoms with Gasteiger partial charge in [-0.2, -0.15) is 0 Å². The Balaban J connectivity index is 1.85. The summed E-state index contributed by atoms with van der Waals surface area (Å²) in [4.78, 5) is 38.5. The van der Waals surface area contributed by atoms with Gasteiger partial charge in [-0.3, -0.25) is 9.59 Å². The Labute approximate surface area is 175 Å². The van der Waals surface area contributed by atoms with Crippen LogP contribution in [0.15, 0.2) is 54.6 Å². The summed E-state index contributed by atoms with van der Waals surface area (Å²) in [5.41, 5.74) is 1.38. The molecule has 2 aromatic rings. The Morgan fingerprint density at radius 3 is 2.30 bits per heavy atom. The second-order valence-corrected chi connectivity index (χ2v) is 6.78. The van der Waals surface area contributed by atoms with Crippen LogP contribution in [-0.2, 0) is 16.1 Å². The largest absolute Gasteiger partial charge is 0.334 e. The van der Waals surface area contributed by atoms with E-state index in [9.17, 15) is 18.8 Å². The first-order valence-electron chi connectivity index (χ1n) is 9.82. The summed E-state index contributed by atoms with van der Waals surface area (Å²) in [6, 6.07) is 13.5. The van der Waals surface area contributed by atoms with Crippen LogP contribution in [-0.4, -0.2) is 41.9 Å². The monoisotopic (exact) mass is 414 g/mol. The molecule has 160 valence electrons. The van der Waals surface area contributed by atoms with Crippen molar-refractivity contribution in [3.8, 4) is 0 Å². The van der Waals surface area contributed by atoms with Crippen molar-refractivity contribution in [2.45, 2.75) is 32.9 Å². The number of para-hydroxylation sites is 1. The van der Waals surface area contributed by atoms with E-state index in [0.29, 0.717) is 18.7 Å². The molecule has 0 fully saturated rings. The van der Waals surface area contributed by atoms with Gasteiger partial charge in [-0.1, -0.05) is 37.3 Å². The first-order valence-corrected chi connectivity index (χ1v) is 9.82. The third-order valence-electron chi connectivity index (χ3n) is 4.44. The summed E-state index contributed by atoms with van der Waals surface area (Å²) in [6.07, 6.45) is 0.672. The van der Waals surface area contributed by atoms with E-state index in [2.05, 4.69) is 16.0 Å². The molecule has 4 amide bonds. The van der Waals surface area contributed by atoms with Crippen LogP contribution in [0, 0.1) is 5.82 Å². The SMILES string of the molecule is CCCN(C(=O)CNC(=O)NCc1ccc(F)cc1)C(C)C(=O)Nc1ccccc1. The van der Waals surface area contributed by atoms with Gasteiger partial charge in [0.15, 0.2) is 0 Å². The molecule has 0 bridgehead atoms. The smallest absolute Gasteiger partial charge is 0.315 e. The van der Waals surface area contributed by atoms with Crippen molar-refractivity contribution in [2.24, 2.45) is 0 Å². The number of halogens is 1. The zero-order valence-electron chi connectivity index (χ0n) is 17.2. The lowest BCUT2D eigenvalue weighted by atomic mass is 10.2. The van der Waals surface area contributed by atoms with Crippen LogP contribution < -0.4 is 16.0 Å². The second kappa shape index (κ2) is 11.5. The molecule has 0 aliphatic rings. The molecule has 8 heteroatoms. The molecule has 1 atom stereocenters. The third kappa shape index (κ3) is 7.20. The van der Waals surface area contributed by atoms with Crippen LogP contribution in [0.25, 0.3) is 0 Å². The summed E-state index contributed by atoms with van der Waals surface area (Å²) >= 11 is 0. The molecule has 0 aromatic heterocycles. The highest BCUT2D eigenvalue weighted by Gasteiger charge is 2.25. The summed E-state index contributed by atoms with van der Waals surface area (Å²) in [7, 11) is 0. The van der Waals surface area contributed by atoms with Gasteiger partial charge in [0, 0.05) is 18.8 Å². The standard InChI is InChI=1S/C22H27FN4O3/c1-3-13-27(16(2)21(29)26-19-7-5-4-6-8-19)20(28)15-25-22(30)24-14-17-9-11-18(23)12-10-17/h4-12,16H,3,13-15H2,1-2H3,(H,26,29)(H2,24,25,30). The van der Waals surface area contributed by atoms with Crippen LogP contribution in [0.5, 0.6) is 0 Å². The fourth-order valence-electron chi connectivity index (χ4n) is 2.79. The van der Waals surface area contributed by atoms with Crippen molar-refractivity contribution in [1.82, 2.24) is 15.5 Å². The number of benzene rings is 2. The van der Waals surface area contributed by atoms with Gasteiger partial charge < -0.3 is 20.9 Å². The molecular weight excluding hydrogens is 387 g/mol. The van der Waals surface area contributed by atoms with Crippen molar-refractivity contribution in [2.75, 3.05) is 18.4 Å². The molecule has 1 unspecified atom stereocenters. The summed E-state index contributed by atoms with van der Waals surface area (Å²) in [6.45, 7) is 3.92. The average Bonchev–Trinajstić information content (AvgIpc) is 2.75. The highest BCUT2D eigenvalue weighted by molar-refractivity contribution is 5.97.